The van der Waals surface area contributed by atoms with Crippen LogP contribution >= 0.6 is 24.0 Å². The summed E-state index contributed by atoms with van der Waals surface area (Å²) in [6, 6.07) is 16.0. The van der Waals surface area contributed by atoms with E-state index in [1.54, 1.807) is 4.90 Å². The minimum Gasteiger partial charge on any atom is -0.490 e. The normalized spacial score (nSPS) is 20.9. The monoisotopic (exact) mass is 367 g/mol. The number of amides is 1. The molecular formula is C20H17NO2S2. The lowest BCUT2D eigenvalue weighted by Gasteiger charge is -2.14. The third-order valence-corrected chi connectivity index (χ3v) is 5.65. The molecule has 2 heterocycles. The van der Waals surface area contributed by atoms with E-state index in [4.69, 9.17) is 17.0 Å². The number of fused-ring (bicyclic) bond motifs is 1. The molecule has 2 aromatic rings. The molecule has 0 aliphatic carbocycles. The zero-order valence-corrected chi connectivity index (χ0v) is 15.4. The summed E-state index contributed by atoms with van der Waals surface area (Å²) < 4.78 is 6.34. The van der Waals surface area contributed by atoms with Crippen LogP contribution in [0.2, 0.25) is 0 Å². The number of benzene rings is 2. The minimum absolute atomic E-state index is 0.0241. The van der Waals surface area contributed by atoms with E-state index < -0.39 is 0 Å². The van der Waals surface area contributed by atoms with Crippen LogP contribution in [0.25, 0.3) is 6.08 Å². The van der Waals surface area contributed by atoms with E-state index >= 15 is 0 Å². The highest BCUT2D eigenvalue weighted by molar-refractivity contribution is 8.26. The Kier molecular flexibility index (Phi) is 4.36. The first-order valence-corrected chi connectivity index (χ1v) is 9.41. The predicted molar refractivity (Wildman–Crippen MR) is 105 cm³/mol. The van der Waals surface area contributed by atoms with Gasteiger partial charge in [-0.15, -0.1) is 0 Å². The molecule has 126 valence electrons. The molecular weight excluding hydrogens is 350 g/mol. The summed E-state index contributed by atoms with van der Waals surface area (Å²) in [7, 11) is 0. The average Bonchev–Trinajstić information content (AvgIpc) is 3.09. The van der Waals surface area contributed by atoms with Crippen LogP contribution in [0.1, 0.15) is 23.6 Å². The lowest BCUT2D eigenvalue weighted by molar-refractivity contribution is -0.122. The van der Waals surface area contributed by atoms with Crippen LogP contribution < -0.4 is 4.74 Å². The number of hydrogen-bond donors (Lipinski definition) is 0. The van der Waals surface area contributed by atoms with Gasteiger partial charge in [0.15, 0.2) is 0 Å². The van der Waals surface area contributed by atoms with E-state index in [0.29, 0.717) is 15.8 Å². The highest BCUT2D eigenvalue weighted by Gasteiger charge is 2.32. The van der Waals surface area contributed by atoms with Gasteiger partial charge in [-0.2, -0.15) is 0 Å². The van der Waals surface area contributed by atoms with E-state index in [1.165, 1.54) is 17.3 Å². The van der Waals surface area contributed by atoms with Crippen molar-refractivity contribution in [2.75, 3.05) is 0 Å². The standard InChI is InChI=1S/C20H17NO2S2/c1-13-9-16-10-15(7-8-17(16)23-13)11-18-19(22)21(20(24)25-18)12-14-5-3-2-4-6-14/h2-8,10-11,13H,9,12H2,1H3/b18-11-. The molecule has 2 aliphatic heterocycles. The zero-order valence-electron chi connectivity index (χ0n) is 13.8. The molecule has 0 aromatic heterocycles. The number of ether oxygens (including phenoxy) is 1. The van der Waals surface area contributed by atoms with Crippen LogP contribution in [0.5, 0.6) is 5.75 Å². The van der Waals surface area contributed by atoms with Crippen LogP contribution in [0.3, 0.4) is 0 Å². The van der Waals surface area contributed by atoms with E-state index in [9.17, 15) is 4.79 Å². The summed E-state index contributed by atoms with van der Waals surface area (Å²) >= 11 is 6.78. The molecule has 2 aromatic carbocycles. The Balaban J connectivity index is 1.56. The number of carbonyl (C=O) groups excluding carboxylic acids is 1. The highest BCUT2D eigenvalue weighted by atomic mass is 32.2. The second-order valence-corrected chi connectivity index (χ2v) is 7.93. The molecule has 4 rings (SSSR count). The fourth-order valence-electron chi connectivity index (χ4n) is 3.09. The molecule has 5 heteroatoms. The van der Waals surface area contributed by atoms with E-state index in [2.05, 4.69) is 13.0 Å². The lowest BCUT2D eigenvalue weighted by Crippen LogP contribution is -2.27. The third-order valence-electron chi connectivity index (χ3n) is 4.27. The minimum atomic E-state index is -0.0241. The van der Waals surface area contributed by atoms with Gasteiger partial charge in [0.2, 0.25) is 0 Å². The predicted octanol–water partition coefficient (Wildman–Crippen LogP) is 4.41. The van der Waals surface area contributed by atoms with Gasteiger partial charge in [-0.25, -0.2) is 0 Å². The molecule has 0 radical (unpaired) electrons. The van der Waals surface area contributed by atoms with Gasteiger partial charge in [0.05, 0.1) is 11.4 Å². The van der Waals surface area contributed by atoms with Crippen molar-refractivity contribution in [1.82, 2.24) is 4.90 Å². The summed E-state index contributed by atoms with van der Waals surface area (Å²) in [4.78, 5) is 15.1. The molecule has 2 aliphatic rings. The molecule has 1 saturated heterocycles. The molecule has 1 unspecified atom stereocenters. The fraction of sp³-hybridized carbons (Fsp3) is 0.200. The average molecular weight is 367 g/mol. The van der Waals surface area contributed by atoms with Crippen LogP contribution in [-0.2, 0) is 17.8 Å². The van der Waals surface area contributed by atoms with Gasteiger partial charge in [-0.05, 0) is 41.8 Å². The van der Waals surface area contributed by atoms with Crippen LogP contribution in [0.4, 0.5) is 0 Å². The number of carbonyl (C=O) groups is 1. The fourth-order valence-corrected chi connectivity index (χ4v) is 4.34. The van der Waals surface area contributed by atoms with Crippen LogP contribution in [-0.4, -0.2) is 21.2 Å². The largest absolute Gasteiger partial charge is 0.490 e. The number of hydrogen-bond acceptors (Lipinski definition) is 4. The van der Waals surface area contributed by atoms with Gasteiger partial charge in [0, 0.05) is 6.42 Å². The number of thioether (sulfide) groups is 1. The molecule has 0 saturated carbocycles. The van der Waals surface area contributed by atoms with Crippen molar-refractivity contribution >= 4 is 40.3 Å². The zero-order chi connectivity index (χ0) is 17.4. The quantitative estimate of drug-likeness (QED) is 0.594. The number of nitrogens with zero attached hydrogens (tertiary/aromatic N) is 1. The maximum absolute atomic E-state index is 12.7. The summed E-state index contributed by atoms with van der Waals surface area (Å²) in [5.74, 6) is 0.922. The molecule has 0 bridgehead atoms. The summed E-state index contributed by atoms with van der Waals surface area (Å²) in [5.41, 5.74) is 3.28. The lowest BCUT2D eigenvalue weighted by atomic mass is 10.1. The van der Waals surface area contributed by atoms with Crippen molar-refractivity contribution in [3.63, 3.8) is 0 Å². The van der Waals surface area contributed by atoms with Gasteiger partial charge < -0.3 is 4.74 Å². The molecule has 3 nitrogen and oxygen atoms in total. The maximum atomic E-state index is 12.7. The van der Waals surface area contributed by atoms with Crippen molar-refractivity contribution in [3.8, 4) is 5.75 Å². The van der Waals surface area contributed by atoms with E-state index in [-0.39, 0.29) is 12.0 Å². The second kappa shape index (κ2) is 6.65. The Morgan fingerprint density at radius 2 is 2.08 bits per heavy atom. The molecule has 0 spiro atoms. The Morgan fingerprint density at radius 1 is 1.28 bits per heavy atom. The Bertz CT molecular complexity index is 877. The topological polar surface area (TPSA) is 29.5 Å². The Morgan fingerprint density at radius 3 is 2.88 bits per heavy atom. The third kappa shape index (κ3) is 3.34. The first-order chi connectivity index (χ1) is 12.1. The smallest absolute Gasteiger partial charge is 0.266 e. The van der Waals surface area contributed by atoms with Crippen LogP contribution in [0.15, 0.2) is 53.4 Å². The van der Waals surface area contributed by atoms with E-state index in [1.807, 2.05) is 48.5 Å². The summed E-state index contributed by atoms with van der Waals surface area (Å²) in [6.45, 7) is 2.58. The number of thiocarbonyl (C=S) groups is 1. The molecule has 0 N–H and O–H groups in total. The maximum Gasteiger partial charge on any atom is 0.266 e. The summed E-state index contributed by atoms with van der Waals surface area (Å²) in [5, 5.41) is 0. The summed E-state index contributed by atoms with van der Waals surface area (Å²) in [6.07, 6.45) is 3.05. The van der Waals surface area contributed by atoms with Gasteiger partial charge in [-0.1, -0.05) is 60.4 Å². The van der Waals surface area contributed by atoms with Crippen molar-refractivity contribution < 1.29 is 9.53 Å². The van der Waals surface area contributed by atoms with Gasteiger partial charge >= 0.3 is 0 Å². The van der Waals surface area contributed by atoms with Gasteiger partial charge in [0.1, 0.15) is 16.2 Å². The van der Waals surface area contributed by atoms with Crippen molar-refractivity contribution in [1.29, 1.82) is 0 Å². The molecule has 1 atom stereocenters. The van der Waals surface area contributed by atoms with E-state index in [0.717, 1.165) is 23.3 Å². The van der Waals surface area contributed by atoms with Gasteiger partial charge in [0.25, 0.3) is 5.91 Å². The second-order valence-electron chi connectivity index (χ2n) is 6.25. The Hall–Kier alpha value is -2.11. The Labute approximate surface area is 156 Å². The highest BCUT2D eigenvalue weighted by Crippen LogP contribution is 2.35. The first kappa shape index (κ1) is 16.4. The van der Waals surface area contributed by atoms with Crippen molar-refractivity contribution in [2.24, 2.45) is 0 Å². The van der Waals surface area contributed by atoms with Crippen molar-refractivity contribution in [3.05, 3.63) is 70.1 Å². The van der Waals surface area contributed by atoms with Crippen LogP contribution in [0, 0.1) is 0 Å². The van der Waals surface area contributed by atoms with Gasteiger partial charge in [-0.3, -0.25) is 9.69 Å². The SMILES string of the molecule is CC1Cc2cc(/C=C3\SC(=S)N(Cc4ccccc4)C3=O)ccc2O1. The first-order valence-electron chi connectivity index (χ1n) is 8.19. The van der Waals surface area contributed by atoms with Crippen molar-refractivity contribution in [2.45, 2.75) is 26.0 Å². The molecule has 25 heavy (non-hydrogen) atoms. The molecule has 1 amide bonds. The number of rotatable bonds is 3. The molecule has 1 fully saturated rings.